The van der Waals surface area contributed by atoms with Gasteiger partial charge in [0.1, 0.15) is 0 Å². The Balaban J connectivity index is 0.000000211. The molecule has 0 amide bonds. The van der Waals surface area contributed by atoms with Crippen LogP contribution in [-0.2, 0) is 5.33 Å². The van der Waals surface area contributed by atoms with Gasteiger partial charge >= 0.3 is 0 Å². The fraction of sp³-hybridized carbons (Fsp3) is 0.0588. The van der Waals surface area contributed by atoms with E-state index in [1.807, 2.05) is 6.08 Å². The molecule has 0 fully saturated rings. The molecule has 0 bridgehead atoms. The van der Waals surface area contributed by atoms with Gasteiger partial charge in [0.2, 0.25) is 0 Å². The first-order chi connectivity index (χ1) is 10.1. The Kier molecular flexibility index (Phi) is 7.12. The summed E-state index contributed by atoms with van der Waals surface area (Å²) in [5.74, 6) is 0. The van der Waals surface area contributed by atoms with Crippen molar-refractivity contribution in [3.63, 3.8) is 0 Å². The summed E-state index contributed by atoms with van der Waals surface area (Å²) in [6.07, 6.45) is 3.42. The first-order valence-electron chi connectivity index (χ1n) is 6.25. The lowest BCUT2D eigenvalue weighted by Crippen LogP contribution is -1.86. The Morgan fingerprint density at radius 2 is 1.67 bits per heavy atom. The molecule has 0 aromatic heterocycles. The van der Waals surface area contributed by atoms with Gasteiger partial charge in [-0.1, -0.05) is 77.6 Å². The molecular formula is C17H16BrNO2. The standard InChI is InChI=1S/C9H9Br.C8H7NO2/c1-2-8-3-5-9(7-10)6-4-8;1-2-7-4-3-5-8(6-7)9(10)11/h2-6H,1,7H2;2-6H,1H2. The maximum Gasteiger partial charge on any atom is 0.270 e. The maximum atomic E-state index is 10.2. The van der Waals surface area contributed by atoms with Crippen molar-refractivity contribution >= 4 is 33.8 Å². The van der Waals surface area contributed by atoms with E-state index in [2.05, 4.69) is 53.4 Å². The third kappa shape index (κ3) is 5.75. The molecule has 0 N–H and O–H groups in total. The van der Waals surface area contributed by atoms with E-state index >= 15 is 0 Å². The van der Waals surface area contributed by atoms with Crippen LogP contribution in [0.5, 0.6) is 0 Å². The molecule has 21 heavy (non-hydrogen) atoms. The monoisotopic (exact) mass is 345 g/mol. The zero-order chi connectivity index (χ0) is 15.7. The fourth-order valence-electron chi connectivity index (χ4n) is 1.51. The van der Waals surface area contributed by atoms with E-state index < -0.39 is 4.92 Å². The molecule has 0 saturated carbocycles. The number of hydrogen-bond donors (Lipinski definition) is 0. The molecule has 0 saturated heterocycles. The van der Waals surface area contributed by atoms with Crippen LogP contribution in [-0.4, -0.2) is 4.92 Å². The molecule has 2 aromatic carbocycles. The van der Waals surface area contributed by atoms with Gasteiger partial charge in [0.05, 0.1) is 4.92 Å². The van der Waals surface area contributed by atoms with Gasteiger partial charge in [-0.15, -0.1) is 0 Å². The number of benzene rings is 2. The molecule has 2 rings (SSSR count). The maximum absolute atomic E-state index is 10.2. The highest BCUT2D eigenvalue weighted by molar-refractivity contribution is 9.08. The lowest BCUT2D eigenvalue weighted by molar-refractivity contribution is -0.384. The second-order valence-corrected chi connectivity index (χ2v) is 4.70. The van der Waals surface area contributed by atoms with E-state index in [1.165, 1.54) is 23.3 Å². The van der Waals surface area contributed by atoms with Crippen molar-refractivity contribution in [2.75, 3.05) is 0 Å². The van der Waals surface area contributed by atoms with Gasteiger partial charge in [0, 0.05) is 17.5 Å². The van der Waals surface area contributed by atoms with Crippen LogP contribution in [0.25, 0.3) is 12.2 Å². The smallest absolute Gasteiger partial charge is 0.258 e. The van der Waals surface area contributed by atoms with Crippen molar-refractivity contribution in [2.24, 2.45) is 0 Å². The topological polar surface area (TPSA) is 43.1 Å². The summed E-state index contributed by atoms with van der Waals surface area (Å²) < 4.78 is 0. The van der Waals surface area contributed by atoms with Gasteiger partial charge in [-0.2, -0.15) is 0 Å². The second kappa shape index (κ2) is 8.87. The molecule has 2 aromatic rings. The van der Waals surface area contributed by atoms with Crippen LogP contribution in [0, 0.1) is 10.1 Å². The molecular weight excluding hydrogens is 330 g/mol. The van der Waals surface area contributed by atoms with Crippen LogP contribution in [0.4, 0.5) is 5.69 Å². The molecule has 0 aliphatic heterocycles. The summed E-state index contributed by atoms with van der Waals surface area (Å²) >= 11 is 3.38. The van der Waals surface area contributed by atoms with Gasteiger partial charge in [-0.05, 0) is 16.7 Å². The van der Waals surface area contributed by atoms with Crippen molar-refractivity contribution in [3.05, 3.63) is 88.5 Å². The quantitative estimate of drug-likeness (QED) is 0.419. The number of halogens is 1. The minimum Gasteiger partial charge on any atom is -0.258 e. The minimum atomic E-state index is -0.424. The lowest BCUT2D eigenvalue weighted by Gasteiger charge is -1.94. The van der Waals surface area contributed by atoms with E-state index in [9.17, 15) is 10.1 Å². The SMILES string of the molecule is C=Cc1ccc(CBr)cc1.C=Cc1cccc([N+](=O)[O-])c1. The summed E-state index contributed by atoms with van der Waals surface area (Å²) in [7, 11) is 0. The minimum absolute atomic E-state index is 0.0994. The molecule has 0 aliphatic rings. The first kappa shape index (κ1) is 16.9. The number of nitrogens with zero attached hydrogens (tertiary/aromatic N) is 1. The zero-order valence-electron chi connectivity index (χ0n) is 11.5. The molecule has 4 heteroatoms. The van der Waals surface area contributed by atoms with Crippen LogP contribution in [0.2, 0.25) is 0 Å². The highest BCUT2D eigenvalue weighted by Gasteiger charge is 2.02. The first-order valence-corrected chi connectivity index (χ1v) is 7.37. The van der Waals surface area contributed by atoms with Crippen molar-refractivity contribution in [3.8, 4) is 0 Å². The zero-order valence-corrected chi connectivity index (χ0v) is 13.1. The molecule has 0 atom stereocenters. The number of nitro benzene ring substituents is 1. The Labute approximate surface area is 132 Å². The molecule has 0 unspecified atom stereocenters. The Bertz CT molecular complexity index is 621. The van der Waals surface area contributed by atoms with E-state index in [-0.39, 0.29) is 5.69 Å². The van der Waals surface area contributed by atoms with Crippen LogP contribution in [0.1, 0.15) is 16.7 Å². The highest BCUT2D eigenvalue weighted by Crippen LogP contribution is 2.13. The molecule has 3 nitrogen and oxygen atoms in total. The average Bonchev–Trinajstić information content (AvgIpc) is 2.55. The second-order valence-electron chi connectivity index (χ2n) is 4.14. The van der Waals surface area contributed by atoms with Gasteiger partial charge in [-0.3, -0.25) is 10.1 Å². The largest absolute Gasteiger partial charge is 0.270 e. The summed E-state index contributed by atoms with van der Waals surface area (Å²) in [6.45, 7) is 7.18. The van der Waals surface area contributed by atoms with Crippen molar-refractivity contribution < 1.29 is 4.92 Å². The van der Waals surface area contributed by atoms with Crippen molar-refractivity contribution in [1.29, 1.82) is 0 Å². The highest BCUT2D eigenvalue weighted by atomic mass is 79.9. The summed E-state index contributed by atoms with van der Waals surface area (Å²) in [4.78, 5) is 9.82. The number of nitro groups is 1. The molecule has 0 aliphatic carbocycles. The Morgan fingerprint density at radius 1 is 1.05 bits per heavy atom. The van der Waals surface area contributed by atoms with E-state index in [0.717, 1.165) is 10.9 Å². The number of rotatable bonds is 4. The Hall–Kier alpha value is -2.20. The van der Waals surface area contributed by atoms with Crippen LogP contribution in [0.3, 0.4) is 0 Å². The van der Waals surface area contributed by atoms with Crippen molar-refractivity contribution in [1.82, 2.24) is 0 Å². The molecule has 0 spiro atoms. The van der Waals surface area contributed by atoms with E-state index in [0.29, 0.717) is 0 Å². The normalized spacial score (nSPS) is 9.19. The summed E-state index contributed by atoms with van der Waals surface area (Å²) in [5.41, 5.74) is 3.33. The third-order valence-corrected chi connectivity index (χ3v) is 3.33. The predicted molar refractivity (Wildman–Crippen MR) is 92.4 cm³/mol. The number of alkyl halides is 1. The Morgan fingerprint density at radius 3 is 2.14 bits per heavy atom. The molecule has 0 radical (unpaired) electrons. The van der Waals surface area contributed by atoms with Crippen molar-refractivity contribution in [2.45, 2.75) is 5.33 Å². The number of non-ortho nitro benzene ring substituents is 1. The molecule has 0 heterocycles. The summed E-state index contributed by atoms with van der Waals surface area (Å²) in [6, 6.07) is 14.6. The lowest BCUT2D eigenvalue weighted by atomic mass is 10.2. The van der Waals surface area contributed by atoms with Gasteiger partial charge in [-0.25, -0.2) is 0 Å². The van der Waals surface area contributed by atoms with Gasteiger partial charge < -0.3 is 0 Å². The van der Waals surface area contributed by atoms with Gasteiger partial charge in [0.15, 0.2) is 0 Å². The van der Waals surface area contributed by atoms with Crippen LogP contribution >= 0.6 is 15.9 Å². The average molecular weight is 346 g/mol. The fourth-order valence-corrected chi connectivity index (χ4v) is 1.88. The molecule has 108 valence electrons. The van der Waals surface area contributed by atoms with Gasteiger partial charge in [0.25, 0.3) is 5.69 Å². The third-order valence-electron chi connectivity index (χ3n) is 2.69. The van der Waals surface area contributed by atoms with Crippen LogP contribution < -0.4 is 0 Å². The summed E-state index contributed by atoms with van der Waals surface area (Å²) in [5, 5.41) is 11.2. The van der Waals surface area contributed by atoms with Crippen LogP contribution in [0.15, 0.2) is 61.7 Å². The number of hydrogen-bond acceptors (Lipinski definition) is 2. The van der Waals surface area contributed by atoms with E-state index in [1.54, 1.807) is 18.2 Å². The predicted octanol–water partition coefficient (Wildman–Crippen LogP) is 5.46. The van der Waals surface area contributed by atoms with E-state index in [4.69, 9.17) is 0 Å².